The van der Waals surface area contributed by atoms with Crippen molar-refractivity contribution in [3.8, 4) is 5.69 Å². The van der Waals surface area contributed by atoms with Gasteiger partial charge >= 0.3 is 6.18 Å². The quantitative estimate of drug-likeness (QED) is 0.396. The summed E-state index contributed by atoms with van der Waals surface area (Å²) in [7, 11) is -3.72. The number of benzene rings is 1. The first-order chi connectivity index (χ1) is 18.5. The van der Waals surface area contributed by atoms with Gasteiger partial charge in [-0.25, -0.2) is 13.1 Å². The van der Waals surface area contributed by atoms with Gasteiger partial charge in [0.05, 0.1) is 11.3 Å². The van der Waals surface area contributed by atoms with E-state index >= 15 is 0 Å². The number of rotatable bonds is 9. The predicted molar refractivity (Wildman–Crippen MR) is 135 cm³/mol. The number of sulfonamides is 1. The van der Waals surface area contributed by atoms with Gasteiger partial charge in [0.1, 0.15) is 10.7 Å². The summed E-state index contributed by atoms with van der Waals surface area (Å²) in [5, 5.41) is 6.02. The van der Waals surface area contributed by atoms with Gasteiger partial charge < -0.3 is 5.32 Å². The highest BCUT2D eigenvalue weighted by atomic mass is 32.2. The zero-order chi connectivity index (χ0) is 28.2. The summed E-state index contributed by atoms with van der Waals surface area (Å²) >= 11 is 0. The van der Waals surface area contributed by atoms with Gasteiger partial charge in [-0.05, 0) is 50.5 Å². The minimum Gasteiger partial charge on any atom is -0.352 e. The number of nitrogens with zero attached hydrogens (tertiary/aromatic N) is 4. The summed E-state index contributed by atoms with van der Waals surface area (Å²) in [6, 6.07) is 10.8. The summed E-state index contributed by atoms with van der Waals surface area (Å²) < 4.78 is 68.8. The Labute approximate surface area is 224 Å². The number of piperidine rings is 1. The van der Waals surface area contributed by atoms with E-state index in [1.807, 2.05) is 0 Å². The van der Waals surface area contributed by atoms with Crippen molar-refractivity contribution >= 4 is 21.7 Å². The van der Waals surface area contributed by atoms with E-state index < -0.39 is 33.4 Å². The normalized spacial score (nSPS) is 18.6. The van der Waals surface area contributed by atoms with Crippen molar-refractivity contribution in [1.29, 1.82) is 0 Å². The molecule has 2 aromatic heterocycles. The highest BCUT2D eigenvalue weighted by molar-refractivity contribution is 7.89. The fourth-order valence-corrected chi connectivity index (χ4v) is 6.28. The first-order valence-electron chi connectivity index (χ1n) is 12.4. The van der Waals surface area contributed by atoms with Gasteiger partial charge in [-0.15, -0.1) is 0 Å². The van der Waals surface area contributed by atoms with Crippen LogP contribution in [0.1, 0.15) is 48.7 Å². The van der Waals surface area contributed by atoms with Crippen LogP contribution in [-0.4, -0.2) is 58.3 Å². The SMILES string of the molecule is CC1CC(C(=O)CCCNC(=O)c2cn(-c3ccccc3)nc2C(F)(F)F)CCN1S(=O)(=O)c1cccnc1. The number of hydrogen-bond acceptors (Lipinski definition) is 6. The first-order valence-corrected chi connectivity index (χ1v) is 13.9. The smallest absolute Gasteiger partial charge is 0.352 e. The van der Waals surface area contributed by atoms with Crippen molar-refractivity contribution in [2.24, 2.45) is 5.92 Å². The molecule has 3 aromatic rings. The molecule has 1 saturated heterocycles. The van der Waals surface area contributed by atoms with Gasteiger partial charge in [-0.3, -0.25) is 14.6 Å². The van der Waals surface area contributed by atoms with Crippen LogP contribution < -0.4 is 5.32 Å². The number of ketones is 1. The van der Waals surface area contributed by atoms with Gasteiger partial charge in [0.2, 0.25) is 10.0 Å². The molecule has 0 radical (unpaired) electrons. The van der Waals surface area contributed by atoms with Crippen LogP contribution in [0.5, 0.6) is 0 Å². The highest BCUT2D eigenvalue weighted by Gasteiger charge is 2.39. The Morgan fingerprint density at radius 2 is 1.87 bits per heavy atom. The second-order valence-corrected chi connectivity index (χ2v) is 11.3. The lowest BCUT2D eigenvalue weighted by molar-refractivity contribution is -0.141. The fourth-order valence-electron chi connectivity index (χ4n) is 4.66. The molecule has 0 spiro atoms. The molecule has 0 saturated carbocycles. The average Bonchev–Trinajstić information content (AvgIpc) is 3.38. The van der Waals surface area contributed by atoms with Crippen molar-refractivity contribution in [1.82, 2.24) is 24.4 Å². The van der Waals surface area contributed by atoms with E-state index in [4.69, 9.17) is 0 Å². The van der Waals surface area contributed by atoms with Crippen LogP contribution >= 0.6 is 0 Å². The van der Waals surface area contributed by atoms with Crippen molar-refractivity contribution in [3.05, 3.63) is 72.3 Å². The van der Waals surface area contributed by atoms with E-state index in [1.165, 1.54) is 22.8 Å². The number of amides is 1. The van der Waals surface area contributed by atoms with Crippen molar-refractivity contribution in [2.75, 3.05) is 13.1 Å². The van der Waals surface area contributed by atoms with Crippen molar-refractivity contribution in [3.63, 3.8) is 0 Å². The molecule has 2 atom stereocenters. The monoisotopic (exact) mass is 563 g/mol. The summed E-state index contributed by atoms with van der Waals surface area (Å²) in [4.78, 5) is 29.3. The molecule has 208 valence electrons. The van der Waals surface area contributed by atoms with E-state index in [2.05, 4.69) is 15.4 Å². The Bertz CT molecular complexity index is 1410. The van der Waals surface area contributed by atoms with Crippen LogP contribution in [0, 0.1) is 5.92 Å². The average molecular weight is 564 g/mol. The molecule has 1 amide bonds. The summed E-state index contributed by atoms with van der Waals surface area (Å²) in [5.41, 5.74) is -1.52. The molecule has 1 fully saturated rings. The lowest BCUT2D eigenvalue weighted by atomic mass is 9.88. The topological polar surface area (TPSA) is 114 Å². The zero-order valence-corrected chi connectivity index (χ0v) is 22.0. The number of carbonyl (C=O) groups excluding carboxylic acids is 2. The number of alkyl halides is 3. The molecular formula is C26H28F3N5O4S. The van der Waals surface area contributed by atoms with Crippen LogP contribution in [0.3, 0.4) is 0 Å². The number of hydrogen-bond donors (Lipinski definition) is 1. The van der Waals surface area contributed by atoms with Crippen LogP contribution in [0.15, 0.2) is 66.0 Å². The molecule has 0 aliphatic carbocycles. The van der Waals surface area contributed by atoms with Crippen molar-refractivity contribution in [2.45, 2.75) is 49.7 Å². The molecule has 1 aliphatic heterocycles. The molecule has 1 aromatic carbocycles. The Morgan fingerprint density at radius 1 is 1.13 bits per heavy atom. The third-order valence-electron chi connectivity index (χ3n) is 6.65. The van der Waals surface area contributed by atoms with Gasteiger partial charge in [0, 0.05) is 50.1 Å². The Morgan fingerprint density at radius 3 is 2.51 bits per heavy atom. The minimum absolute atomic E-state index is 0.00216. The summed E-state index contributed by atoms with van der Waals surface area (Å²) in [6.45, 7) is 1.95. The first kappa shape index (κ1) is 28.4. The van der Waals surface area contributed by atoms with Crippen LogP contribution in [0.4, 0.5) is 13.2 Å². The zero-order valence-electron chi connectivity index (χ0n) is 21.1. The number of halogens is 3. The molecule has 0 bridgehead atoms. The summed E-state index contributed by atoms with van der Waals surface area (Å²) in [6.07, 6.45) is 0.0669. The summed E-state index contributed by atoms with van der Waals surface area (Å²) in [5.74, 6) is -1.33. The molecule has 4 rings (SSSR count). The Hall–Kier alpha value is -3.58. The van der Waals surface area contributed by atoms with Crippen LogP contribution in [-0.2, 0) is 21.0 Å². The third-order valence-corrected chi connectivity index (χ3v) is 8.64. The van der Waals surface area contributed by atoms with E-state index in [-0.39, 0.29) is 48.6 Å². The predicted octanol–water partition coefficient (Wildman–Crippen LogP) is 3.85. The maximum atomic E-state index is 13.5. The number of Topliss-reactive ketones (excluding diaryl/α,β-unsaturated/α-hetero) is 1. The van der Waals surface area contributed by atoms with Crippen LogP contribution in [0.25, 0.3) is 5.69 Å². The van der Waals surface area contributed by atoms with Gasteiger partial charge in [0.25, 0.3) is 5.91 Å². The van der Waals surface area contributed by atoms with E-state index in [1.54, 1.807) is 43.3 Å². The molecule has 1 N–H and O–H groups in total. The van der Waals surface area contributed by atoms with Gasteiger partial charge in [-0.2, -0.15) is 22.6 Å². The Balaban J connectivity index is 1.30. The molecule has 39 heavy (non-hydrogen) atoms. The molecule has 13 heteroatoms. The largest absolute Gasteiger partial charge is 0.435 e. The molecule has 1 aliphatic rings. The maximum Gasteiger partial charge on any atom is 0.435 e. The minimum atomic E-state index is -4.82. The van der Waals surface area contributed by atoms with Gasteiger partial charge in [0.15, 0.2) is 5.69 Å². The lowest BCUT2D eigenvalue weighted by Crippen LogP contribution is -2.46. The number of aromatic nitrogens is 3. The van der Waals surface area contributed by atoms with E-state index in [0.717, 1.165) is 10.9 Å². The number of nitrogens with one attached hydrogen (secondary N) is 1. The molecule has 3 heterocycles. The fraction of sp³-hybridized carbons (Fsp3) is 0.385. The Kier molecular flexibility index (Phi) is 8.50. The second kappa shape index (κ2) is 11.7. The van der Waals surface area contributed by atoms with E-state index in [9.17, 15) is 31.2 Å². The standard InChI is InChI=1S/C26H28F3N5O4S/c1-18-15-19(11-14-34(18)39(37,38)21-9-5-12-30-16-21)23(35)10-6-13-31-25(36)22-17-33(20-7-3-2-4-8-20)32-24(22)26(27,28)29/h2-5,7-9,12,16-19H,6,10-11,13-15H2,1H3,(H,31,36). The molecule has 9 nitrogen and oxygen atoms in total. The number of para-hydroxylation sites is 1. The lowest BCUT2D eigenvalue weighted by Gasteiger charge is -2.36. The van der Waals surface area contributed by atoms with Crippen molar-refractivity contribution < 1.29 is 31.2 Å². The third kappa shape index (κ3) is 6.53. The molecular weight excluding hydrogens is 535 g/mol. The van der Waals surface area contributed by atoms with Gasteiger partial charge in [-0.1, -0.05) is 18.2 Å². The second-order valence-electron chi connectivity index (χ2n) is 9.37. The number of carbonyl (C=O) groups is 2. The maximum absolute atomic E-state index is 13.5. The highest BCUT2D eigenvalue weighted by Crippen LogP contribution is 2.32. The van der Waals surface area contributed by atoms with Crippen LogP contribution in [0.2, 0.25) is 0 Å². The van der Waals surface area contributed by atoms with E-state index in [0.29, 0.717) is 18.5 Å². The molecule has 2 unspecified atom stereocenters. The number of pyridine rings is 1.